The average Bonchev–Trinajstić information content (AvgIpc) is 2.82. The number of hydrogen-bond donors (Lipinski definition) is 1. The van der Waals surface area contributed by atoms with Gasteiger partial charge in [-0.2, -0.15) is 0 Å². The van der Waals surface area contributed by atoms with E-state index >= 15 is 0 Å². The van der Waals surface area contributed by atoms with Crippen LogP contribution >= 0.6 is 11.8 Å². The quantitative estimate of drug-likeness (QED) is 0.867. The van der Waals surface area contributed by atoms with Crippen LogP contribution in [0.1, 0.15) is 5.56 Å². The molecule has 104 valence electrons. The molecule has 2 aromatic rings. The number of thioether (sulfide) groups is 1. The van der Waals surface area contributed by atoms with Gasteiger partial charge in [-0.15, -0.1) is 0 Å². The number of carbonyl (C=O) groups is 1. The van der Waals surface area contributed by atoms with E-state index in [0.29, 0.717) is 15.8 Å². The summed E-state index contributed by atoms with van der Waals surface area (Å²) in [7, 11) is 0. The third kappa shape index (κ3) is 3.35. The van der Waals surface area contributed by atoms with E-state index in [4.69, 9.17) is 0 Å². The van der Waals surface area contributed by atoms with Crippen molar-refractivity contribution in [1.29, 1.82) is 0 Å². The van der Waals surface area contributed by atoms with E-state index < -0.39 is 0 Å². The first-order chi connectivity index (χ1) is 10.2. The average molecular weight is 299 g/mol. The Kier molecular flexibility index (Phi) is 3.79. The number of nitrogens with zero attached hydrogens (tertiary/aromatic N) is 2. The Morgan fingerprint density at radius 1 is 1.24 bits per heavy atom. The summed E-state index contributed by atoms with van der Waals surface area (Å²) < 4.78 is 12.8. The van der Waals surface area contributed by atoms with Crippen LogP contribution in [0.15, 0.2) is 58.7 Å². The second-order valence-corrected chi connectivity index (χ2v) is 5.28. The van der Waals surface area contributed by atoms with Gasteiger partial charge in [0.2, 0.25) is 0 Å². The Bertz CT molecular complexity index is 726. The molecule has 0 saturated carbocycles. The number of carbonyl (C=O) groups excluding carboxylic acids is 1. The Hall–Kier alpha value is -2.47. The third-order valence-corrected chi connectivity index (χ3v) is 3.60. The first-order valence-corrected chi connectivity index (χ1v) is 6.97. The number of nitrogens with one attached hydrogen (secondary N) is 1. The number of benzene rings is 1. The van der Waals surface area contributed by atoms with E-state index in [1.807, 2.05) is 6.07 Å². The largest absolute Gasteiger partial charge is 0.300 e. The molecule has 1 aliphatic heterocycles. The van der Waals surface area contributed by atoms with Gasteiger partial charge in [0.25, 0.3) is 5.91 Å². The molecule has 1 fully saturated rings. The summed E-state index contributed by atoms with van der Waals surface area (Å²) in [5, 5.41) is 3.15. The van der Waals surface area contributed by atoms with E-state index in [9.17, 15) is 9.18 Å². The second-order valence-electron chi connectivity index (χ2n) is 4.24. The van der Waals surface area contributed by atoms with E-state index in [-0.39, 0.29) is 11.7 Å². The van der Waals surface area contributed by atoms with E-state index in [1.54, 1.807) is 36.7 Å². The molecule has 0 spiro atoms. The zero-order valence-corrected chi connectivity index (χ0v) is 11.6. The van der Waals surface area contributed by atoms with Crippen LogP contribution in [0.5, 0.6) is 0 Å². The molecule has 1 saturated heterocycles. The molecule has 0 aliphatic carbocycles. The van der Waals surface area contributed by atoms with Gasteiger partial charge in [-0.25, -0.2) is 9.38 Å². The van der Waals surface area contributed by atoms with Crippen LogP contribution in [0.25, 0.3) is 6.08 Å². The molecule has 4 nitrogen and oxygen atoms in total. The molecule has 1 aliphatic rings. The highest BCUT2D eigenvalue weighted by atomic mass is 32.2. The number of aromatic nitrogens is 1. The molecule has 0 radical (unpaired) electrons. The van der Waals surface area contributed by atoms with Crippen molar-refractivity contribution in [3.8, 4) is 0 Å². The molecule has 6 heteroatoms. The lowest BCUT2D eigenvalue weighted by Gasteiger charge is -1.95. The van der Waals surface area contributed by atoms with Gasteiger partial charge in [0.1, 0.15) is 5.82 Å². The first-order valence-electron chi connectivity index (χ1n) is 6.16. The van der Waals surface area contributed by atoms with Crippen molar-refractivity contribution < 1.29 is 9.18 Å². The SMILES string of the molecule is O=C1NC(=Nc2ccc(F)cc2)S/C1=C\c1cccnc1. The molecule has 1 aromatic heterocycles. The van der Waals surface area contributed by atoms with Crippen LogP contribution in [-0.4, -0.2) is 16.1 Å². The molecule has 1 aromatic carbocycles. The van der Waals surface area contributed by atoms with Crippen LogP contribution in [-0.2, 0) is 4.79 Å². The predicted octanol–water partition coefficient (Wildman–Crippen LogP) is 3.11. The molecule has 2 heterocycles. The fourth-order valence-corrected chi connectivity index (χ4v) is 2.57. The number of amidine groups is 1. The summed E-state index contributed by atoms with van der Waals surface area (Å²) >= 11 is 1.24. The van der Waals surface area contributed by atoms with Crippen molar-refractivity contribution in [3.05, 3.63) is 65.1 Å². The lowest BCUT2D eigenvalue weighted by atomic mass is 10.2. The molecule has 1 N–H and O–H groups in total. The second kappa shape index (κ2) is 5.88. The van der Waals surface area contributed by atoms with E-state index in [2.05, 4.69) is 15.3 Å². The summed E-state index contributed by atoms with van der Waals surface area (Å²) in [6.07, 6.45) is 5.10. The van der Waals surface area contributed by atoms with Gasteiger partial charge in [-0.3, -0.25) is 9.78 Å². The smallest absolute Gasteiger partial charge is 0.264 e. The van der Waals surface area contributed by atoms with Crippen molar-refractivity contribution in [2.45, 2.75) is 0 Å². The van der Waals surface area contributed by atoms with Crippen LogP contribution in [0.2, 0.25) is 0 Å². The lowest BCUT2D eigenvalue weighted by Crippen LogP contribution is -2.19. The van der Waals surface area contributed by atoms with Gasteiger partial charge in [-0.05, 0) is 53.7 Å². The summed E-state index contributed by atoms with van der Waals surface area (Å²) in [5.74, 6) is -0.524. The number of amides is 1. The maximum atomic E-state index is 12.8. The predicted molar refractivity (Wildman–Crippen MR) is 81.4 cm³/mol. The van der Waals surface area contributed by atoms with Crippen molar-refractivity contribution in [2.75, 3.05) is 0 Å². The van der Waals surface area contributed by atoms with Crippen LogP contribution in [0.4, 0.5) is 10.1 Å². The number of aliphatic imine (C=N–C) groups is 1. The highest BCUT2D eigenvalue weighted by Gasteiger charge is 2.23. The first kappa shape index (κ1) is 13.5. The maximum absolute atomic E-state index is 12.8. The van der Waals surface area contributed by atoms with Crippen molar-refractivity contribution in [3.63, 3.8) is 0 Å². The Morgan fingerprint density at radius 3 is 2.76 bits per heavy atom. The van der Waals surface area contributed by atoms with Crippen LogP contribution < -0.4 is 5.32 Å². The molecule has 0 bridgehead atoms. The number of hydrogen-bond acceptors (Lipinski definition) is 4. The zero-order chi connectivity index (χ0) is 14.7. The van der Waals surface area contributed by atoms with Crippen molar-refractivity contribution >= 4 is 34.6 Å². The number of pyridine rings is 1. The Morgan fingerprint density at radius 2 is 2.05 bits per heavy atom. The summed E-state index contributed by atoms with van der Waals surface area (Å²) in [6, 6.07) is 9.43. The monoisotopic (exact) mass is 299 g/mol. The lowest BCUT2D eigenvalue weighted by molar-refractivity contribution is -0.115. The standard InChI is InChI=1S/C15H10FN3OS/c16-11-3-5-12(6-4-11)18-15-19-14(20)13(21-15)8-10-2-1-7-17-9-10/h1-9H,(H,18,19,20)/b13-8-. The van der Waals surface area contributed by atoms with E-state index in [1.165, 1.54) is 23.9 Å². The van der Waals surface area contributed by atoms with Crippen molar-refractivity contribution in [1.82, 2.24) is 10.3 Å². The zero-order valence-electron chi connectivity index (χ0n) is 10.8. The van der Waals surface area contributed by atoms with Gasteiger partial charge >= 0.3 is 0 Å². The fourth-order valence-electron chi connectivity index (χ4n) is 1.73. The normalized spacial score (nSPS) is 18.2. The minimum absolute atomic E-state index is 0.204. The summed E-state index contributed by atoms with van der Waals surface area (Å²) in [6.45, 7) is 0. The summed E-state index contributed by atoms with van der Waals surface area (Å²) in [5.41, 5.74) is 1.43. The van der Waals surface area contributed by atoms with Crippen LogP contribution in [0.3, 0.4) is 0 Å². The molecular formula is C15H10FN3OS. The minimum Gasteiger partial charge on any atom is -0.300 e. The molecule has 1 amide bonds. The van der Waals surface area contributed by atoms with Crippen LogP contribution in [0, 0.1) is 5.82 Å². The Balaban J connectivity index is 1.81. The fraction of sp³-hybridized carbons (Fsp3) is 0. The topological polar surface area (TPSA) is 54.4 Å². The summed E-state index contributed by atoms with van der Waals surface area (Å²) in [4.78, 5) is 20.7. The maximum Gasteiger partial charge on any atom is 0.264 e. The minimum atomic E-state index is -0.320. The highest BCUT2D eigenvalue weighted by molar-refractivity contribution is 8.18. The molecule has 0 unspecified atom stereocenters. The number of rotatable bonds is 2. The number of halogens is 1. The third-order valence-electron chi connectivity index (χ3n) is 2.69. The molecular weight excluding hydrogens is 289 g/mol. The van der Waals surface area contributed by atoms with Gasteiger partial charge in [0, 0.05) is 12.4 Å². The highest BCUT2D eigenvalue weighted by Crippen LogP contribution is 2.27. The molecule has 3 rings (SSSR count). The van der Waals surface area contributed by atoms with Gasteiger partial charge in [-0.1, -0.05) is 6.07 Å². The van der Waals surface area contributed by atoms with Gasteiger partial charge in [0.05, 0.1) is 10.6 Å². The van der Waals surface area contributed by atoms with Gasteiger partial charge in [0.15, 0.2) is 5.17 Å². The molecule has 0 atom stereocenters. The van der Waals surface area contributed by atoms with Crippen molar-refractivity contribution in [2.24, 2.45) is 4.99 Å². The van der Waals surface area contributed by atoms with E-state index in [0.717, 1.165) is 5.56 Å². The molecule has 21 heavy (non-hydrogen) atoms. The Labute approximate surface area is 124 Å². The van der Waals surface area contributed by atoms with Gasteiger partial charge < -0.3 is 5.32 Å².